The van der Waals surface area contributed by atoms with Gasteiger partial charge in [0.2, 0.25) is 0 Å². The molecule has 35 heavy (non-hydrogen) atoms. The molecule has 0 aliphatic rings. The second-order valence-electron chi connectivity index (χ2n) is 7.77. The summed E-state index contributed by atoms with van der Waals surface area (Å²) in [5, 5.41) is 7.53. The third kappa shape index (κ3) is 5.25. The molecule has 6 nitrogen and oxygen atoms in total. The summed E-state index contributed by atoms with van der Waals surface area (Å²) in [4.78, 5) is 17.5. The van der Waals surface area contributed by atoms with Crippen LogP contribution in [0.3, 0.4) is 0 Å². The van der Waals surface area contributed by atoms with Gasteiger partial charge in [-0.3, -0.25) is 9.78 Å². The zero-order chi connectivity index (χ0) is 24.0. The number of nitrogens with zero attached hydrogens (tertiary/aromatic N) is 3. The summed E-state index contributed by atoms with van der Waals surface area (Å²) < 4.78 is 20.9. The number of benzene rings is 3. The molecular formula is C28H21FN4O2. The predicted molar refractivity (Wildman–Crippen MR) is 132 cm³/mol. The number of ether oxygens (including phenoxy) is 1. The van der Waals surface area contributed by atoms with Crippen molar-refractivity contribution >= 4 is 11.6 Å². The van der Waals surface area contributed by atoms with Gasteiger partial charge >= 0.3 is 0 Å². The molecule has 5 aromatic rings. The lowest BCUT2D eigenvalue weighted by atomic mass is 10.1. The first kappa shape index (κ1) is 22.0. The van der Waals surface area contributed by atoms with Crippen molar-refractivity contribution in [2.45, 2.75) is 6.61 Å². The molecule has 1 N–H and O–H groups in total. The van der Waals surface area contributed by atoms with E-state index >= 15 is 0 Å². The first-order valence-corrected chi connectivity index (χ1v) is 11.0. The van der Waals surface area contributed by atoms with Gasteiger partial charge in [-0.1, -0.05) is 24.3 Å². The quantitative estimate of drug-likeness (QED) is 0.325. The van der Waals surface area contributed by atoms with E-state index in [1.165, 1.54) is 12.1 Å². The summed E-state index contributed by atoms with van der Waals surface area (Å²) in [5.74, 6) is -0.0150. The molecule has 2 aromatic heterocycles. The lowest BCUT2D eigenvalue weighted by molar-refractivity contribution is 0.102. The van der Waals surface area contributed by atoms with E-state index < -0.39 is 0 Å². The molecular weight excluding hydrogens is 443 g/mol. The van der Waals surface area contributed by atoms with E-state index in [-0.39, 0.29) is 11.7 Å². The Labute approximate surface area is 201 Å². The van der Waals surface area contributed by atoms with Crippen molar-refractivity contribution in [3.8, 4) is 22.7 Å². The van der Waals surface area contributed by atoms with E-state index in [0.717, 1.165) is 11.4 Å². The van der Waals surface area contributed by atoms with Gasteiger partial charge in [-0.05, 0) is 72.8 Å². The monoisotopic (exact) mass is 464 g/mol. The van der Waals surface area contributed by atoms with E-state index in [2.05, 4.69) is 15.4 Å². The number of carbonyl (C=O) groups excluding carboxylic acids is 1. The standard InChI is InChI=1S/C28H21FN4O2/c29-21-11-9-20(10-12-21)27-26(18-33(32-27)24-7-2-1-3-8-24)28(34)31-22-13-15-25(16-14-22)35-19-23-6-4-5-17-30-23/h1-18H,19H2,(H,31,34). The number of carbonyl (C=O) groups is 1. The Morgan fingerprint density at radius 1 is 0.886 bits per heavy atom. The lowest BCUT2D eigenvalue weighted by Crippen LogP contribution is -2.12. The van der Waals surface area contributed by atoms with Crippen LogP contribution in [-0.2, 0) is 6.61 Å². The summed E-state index contributed by atoms with van der Waals surface area (Å²) >= 11 is 0. The molecule has 0 aliphatic heterocycles. The van der Waals surface area contributed by atoms with Crippen LogP contribution in [0, 0.1) is 5.82 Å². The van der Waals surface area contributed by atoms with Crippen molar-refractivity contribution in [2.75, 3.05) is 5.32 Å². The van der Waals surface area contributed by atoms with E-state index in [0.29, 0.717) is 34.9 Å². The number of hydrogen-bond donors (Lipinski definition) is 1. The fourth-order valence-electron chi connectivity index (χ4n) is 3.55. The normalized spacial score (nSPS) is 10.7. The number of rotatable bonds is 7. The van der Waals surface area contributed by atoms with Gasteiger partial charge in [0.15, 0.2) is 0 Å². The van der Waals surface area contributed by atoms with Gasteiger partial charge in [0.25, 0.3) is 5.91 Å². The Kier molecular flexibility index (Phi) is 6.30. The van der Waals surface area contributed by atoms with Crippen LogP contribution in [0.1, 0.15) is 16.1 Å². The molecule has 0 unspecified atom stereocenters. The second-order valence-corrected chi connectivity index (χ2v) is 7.77. The molecule has 3 aromatic carbocycles. The number of pyridine rings is 1. The van der Waals surface area contributed by atoms with Crippen LogP contribution < -0.4 is 10.1 Å². The Bertz CT molecular complexity index is 1420. The molecule has 0 bridgehead atoms. The maximum atomic E-state index is 13.5. The number of hydrogen-bond acceptors (Lipinski definition) is 4. The SMILES string of the molecule is O=C(Nc1ccc(OCc2ccccn2)cc1)c1cn(-c2ccccc2)nc1-c1ccc(F)cc1. The van der Waals surface area contributed by atoms with E-state index in [1.54, 1.807) is 53.5 Å². The maximum Gasteiger partial charge on any atom is 0.259 e. The van der Waals surface area contributed by atoms with Gasteiger partial charge in [-0.25, -0.2) is 9.07 Å². The number of nitrogens with one attached hydrogen (secondary N) is 1. The third-order valence-electron chi connectivity index (χ3n) is 5.32. The maximum absolute atomic E-state index is 13.5. The molecule has 0 spiro atoms. The summed E-state index contributed by atoms with van der Waals surface area (Å²) in [6.07, 6.45) is 3.39. The number of aromatic nitrogens is 3. The number of para-hydroxylation sites is 1. The Balaban J connectivity index is 1.36. The van der Waals surface area contributed by atoms with Crippen LogP contribution >= 0.6 is 0 Å². The van der Waals surface area contributed by atoms with Crippen molar-refractivity contribution in [1.82, 2.24) is 14.8 Å². The summed E-state index contributed by atoms with van der Waals surface area (Å²) in [6, 6.07) is 28.2. The molecule has 0 radical (unpaired) electrons. The van der Waals surface area contributed by atoms with Crippen molar-refractivity contribution < 1.29 is 13.9 Å². The fraction of sp³-hybridized carbons (Fsp3) is 0.0357. The predicted octanol–water partition coefficient (Wildman–Crippen LogP) is 5.90. The van der Waals surface area contributed by atoms with Gasteiger partial charge in [0.05, 0.1) is 16.9 Å². The largest absolute Gasteiger partial charge is 0.487 e. The average molecular weight is 465 g/mol. The Morgan fingerprint density at radius 2 is 1.63 bits per heavy atom. The summed E-state index contributed by atoms with van der Waals surface area (Å²) in [7, 11) is 0. The van der Waals surface area contributed by atoms with Crippen LogP contribution in [-0.4, -0.2) is 20.7 Å². The average Bonchev–Trinajstić information content (AvgIpc) is 3.36. The fourth-order valence-corrected chi connectivity index (χ4v) is 3.55. The molecule has 0 atom stereocenters. The second kappa shape index (κ2) is 10.0. The molecule has 1 amide bonds. The van der Waals surface area contributed by atoms with Gasteiger partial charge in [0.1, 0.15) is 23.9 Å². The summed E-state index contributed by atoms with van der Waals surface area (Å²) in [6.45, 7) is 0.353. The van der Waals surface area contributed by atoms with Gasteiger partial charge in [-0.2, -0.15) is 5.10 Å². The highest BCUT2D eigenvalue weighted by molar-refractivity contribution is 6.08. The highest BCUT2D eigenvalue weighted by Crippen LogP contribution is 2.26. The Morgan fingerprint density at radius 3 is 2.34 bits per heavy atom. The first-order chi connectivity index (χ1) is 17.2. The molecule has 0 aliphatic carbocycles. The lowest BCUT2D eigenvalue weighted by Gasteiger charge is -2.08. The zero-order valence-electron chi connectivity index (χ0n) is 18.6. The van der Waals surface area contributed by atoms with E-state index in [4.69, 9.17) is 4.74 Å². The molecule has 2 heterocycles. The van der Waals surface area contributed by atoms with E-state index in [1.807, 2.05) is 48.5 Å². The van der Waals surface area contributed by atoms with Crippen LogP contribution in [0.2, 0.25) is 0 Å². The third-order valence-corrected chi connectivity index (χ3v) is 5.32. The van der Waals surface area contributed by atoms with Crippen LogP contribution in [0.4, 0.5) is 10.1 Å². The first-order valence-electron chi connectivity index (χ1n) is 11.0. The Hall–Kier alpha value is -4.78. The topological polar surface area (TPSA) is 69.0 Å². The minimum absolute atomic E-state index is 0.325. The van der Waals surface area contributed by atoms with Crippen LogP contribution in [0.25, 0.3) is 16.9 Å². The number of amides is 1. The molecule has 172 valence electrons. The minimum Gasteiger partial charge on any atom is -0.487 e. The van der Waals surface area contributed by atoms with Gasteiger partial charge in [-0.15, -0.1) is 0 Å². The highest BCUT2D eigenvalue weighted by Gasteiger charge is 2.19. The number of halogens is 1. The van der Waals surface area contributed by atoms with Crippen LogP contribution in [0.5, 0.6) is 5.75 Å². The summed E-state index contributed by atoms with van der Waals surface area (Å²) in [5.41, 5.74) is 3.72. The highest BCUT2D eigenvalue weighted by atomic mass is 19.1. The molecule has 7 heteroatoms. The van der Waals surface area contributed by atoms with Crippen molar-refractivity contribution in [3.63, 3.8) is 0 Å². The van der Waals surface area contributed by atoms with Crippen LogP contribution in [0.15, 0.2) is 109 Å². The van der Waals surface area contributed by atoms with Crippen molar-refractivity contribution in [2.24, 2.45) is 0 Å². The van der Waals surface area contributed by atoms with Crippen molar-refractivity contribution in [1.29, 1.82) is 0 Å². The molecule has 0 fully saturated rings. The van der Waals surface area contributed by atoms with E-state index in [9.17, 15) is 9.18 Å². The van der Waals surface area contributed by atoms with Gasteiger partial charge < -0.3 is 10.1 Å². The molecule has 5 rings (SSSR count). The molecule has 0 saturated carbocycles. The minimum atomic E-state index is -0.354. The van der Waals surface area contributed by atoms with Crippen molar-refractivity contribution in [3.05, 3.63) is 127 Å². The zero-order valence-corrected chi connectivity index (χ0v) is 18.6. The molecule has 0 saturated heterocycles. The smallest absolute Gasteiger partial charge is 0.259 e. The number of anilines is 1. The van der Waals surface area contributed by atoms with Gasteiger partial charge in [0, 0.05) is 23.6 Å².